The van der Waals surface area contributed by atoms with Gasteiger partial charge in [0.1, 0.15) is 5.69 Å². The highest BCUT2D eigenvalue weighted by Gasteiger charge is 2.22. The van der Waals surface area contributed by atoms with Gasteiger partial charge in [-0.1, -0.05) is 12.1 Å². The fourth-order valence-corrected chi connectivity index (χ4v) is 1.85. The van der Waals surface area contributed by atoms with Crippen LogP contribution in [0.15, 0.2) is 24.3 Å². The smallest absolute Gasteiger partial charge is 0.387 e. The van der Waals surface area contributed by atoms with Crippen molar-refractivity contribution in [3.63, 3.8) is 0 Å². The van der Waals surface area contributed by atoms with Crippen LogP contribution in [0, 0.1) is 0 Å². The lowest BCUT2D eigenvalue weighted by Gasteiger charge is -2.11. The maximum atomic E-state index is 12.4. The van der Waals surface area contributed by atoms with E-state index in [0.29, 0.717) is 24.1 Å². The third kappa shape index (κ3) is 2.90. The SMILES string of the molecule is FC(F)Oc1ccccc1-n1nnnc1CNC1CC1. The fourth-order valence-electron chi connectivity index (χ4n) is 1.85. The molecule has 1 aromatic carbocycles. The lowest BCUT2D eigenvalue weighted by Crippen LogP contribution is -2.19. The van der Waals surface area contributed by atoms with Crippen molar-refractivity contribution in [3.8, 4) is 11.4 Å². The largest absolute Gasteiger partial charge is 0.433 e. The molecule has 0 radical (unpaired) electrons. The molecule has 0 bridgehead atoms. The second kappa shape index (κ2) is 5.49. The molecule has 1 N–H and O–H groups in total. The van der Waals surface area contributed by atoms with Gasteiger partial charge in [-0.2, -0.15) is 13.5 Å². The maximum Gasteiger partial charge on any atom is 0.387 e. The topological polar surface area (TPSA) is 64.9 Å². The number of rotatable bonds is 6. The number of hydrogen-bond donors (Lipinski definition) is 1. The summed E-state index contributed by atoms with van der Waals surface area (Å²) in [5.74, 6) is 0.602. The molecule has 0 aliphatic heterocycles. The number of tetrazole rings is 1. The van der Waals surface area contributed by atoms with E-state index in [1.165, 1.54) is 10.7 Å². The summed E-state index contributed by atoms with van der Waals surface area (Å²) < 4.78 is 30.7. The Kier molecular flexibility index (Phi) is 3.55. The van der Waals surface area contributed by atoms with Crippen LogP contribution >= 0.6 is 0 Å². The van der Waals surface area contributed by atoms with Crippen molar-refractivity contribution < 1.29 is 13.5 Å². The number of nitrogens with zero attached hydrogens (tertiary/aromatic N) is 4. The van der Waals surface area contributed by atoms with Crippen molar-refractivity contribution in [2.45, 2.75) is 32.0 Å². The number of aromatic nitrogens is 4. The Labute approximate surface area is 113 Å². The normalized spacial score (nSPS) is 14.8. The predicted molar refractivity (Wildman–Crippen MR) is 65.6 cm³/mol. The summed E-state index contributed by atoms with van der Waals surface area (Å²) in [4.78, 5) is 0. The Hall–Kier alpha value is -2.09. The predicted octanol–water partition coefficient (Wildman–Crippen LogP) is 1.52. The van der Waals surface area contributed by atoms with Gasteiger partial charge in [0.2, 0.25) is 0 Å². The van der Waals surface area contributed by atoms with E-state index in [2.05, 4.69) is 25.6 Å². The van der Waals surface area contributed by atoms with Crippen LogP contribution in [0.1, 0.15) is 18.7 Å². The van der Waals surface area contributed by atoms with Crippen LogP contribution in [0.5, 0.6) is 5.75 Å². The summed E-state index contributed by atoms with van der Waals surface area (Å²) in [6, 6.07) is 6.93. The van der Waals surface area contributed by atoms with E-state index in [-0.39, 0.29) is 5.75 Å². The molecule has 0 spiro atoms. The molecule has 1 heterocycles. The first-order chi connectivity index (χ1) is 9.74. The van der Waals surface area contributed by atoms with Gasteiger partial charge in [-0.15, -0.1) is 5.10 Å². The Morgan fingerprint density at radius 2 is 2.15 bits per heavy atom. The monoisotopic (exact) mass is 281 g/mol. The van der Waals surface area contributed by atoms with Crippen molar-refractivity contribution in [2.24, 2.45) is 0 Å². The maximum absolute atomic E-state index is 12.4. The molecule has 20 heavy (non-hydrogen) atoms. The van der Waals surface area contributed by atoms with Gasteiger partial charge in [0.15, 0.2) is 11.6 Å². The second-order valence-electron chi connectivity index (χ2n) is 4.51. The third-order valence-electron chi connectivity index (χ3n) is 2.97. The summed E-state index contributed by atoms with van der Waals surface area (Å²) >= 11 is 0. The van der Waals surface area contributed by atoms with Gasteiger partial charge >= 0.3 is 6.61 Å². The van der Waals surface area contributed by atoms with Gasteiger partial charge in [-0.25, -0.2) is 0 Å². The molecule has 0 saturated heterocycles. The molecule has 1 saturated carbocycles. The first kappa shape index (κ1) is 12.9. The van der Waals surface area contributed by atoms with E-state index in [1.54, 1.807) is 18.2 Å². The summed E-state index contributed by atoms with van der Waals surface area (Å²) in [5, 5.41) is 14.6. The minimum absolute atomic E-state index is 0.0440. The zero-order valence-corrected chi connectivity index (χ0v) is 10.5. The number of nitrogens with one attached hydrogen (secondary N) is 1. The second-order valence-corrected chi connectivity index (χ2v) is 4.51. The molecule has 8 heteroatoms. The fraction of sp³-hybridized carbons (Fsp3) is 0.417. The van der Waals surface area contributed by atoms with Gasteiger partial charge in [-0.05, 0) is 35.4 Å². The van der Waals surface area contributed by atoms with Crippen molar-refractivity contribution in [1.29, 1.82) is 0 Å². The van der Waals surface area contributed by atoms with Crippen LogP contribution in [0.25, 0.3) is 5.69 Å². The first-order valence-electron chi connectivity index (χ1n) is 6.29. The van der Waals surface area contributed by atoms with Gasteiger partial charge < -0.3 is 10.1 Å². The zero-order valence-electron chi connectivity index (χ0n) is 10.5. The van der Waals surface area contributed by atoms with Crippen LogP contribution in [-0.2, 0) is 6.54 Å². The Morgan fingerprint density at radius 3 is 2.90 bits per heavy atom. The van der Waals surface area contributed by atoms with Gasteiger partial charge in [-0.3, -0.25) is 0 Å². The number of para-hydroxylation sites is 2. The number of hydrogen-bond acceptors (Lipinski definition) is 5. The Bertz CT molecular complexity index is 585. The molecule has 2 aromatic rings. The molecule has 1 aliphatic rings. The average molecular weight is 281 g/mol. The molecule has 1 aromatic heterocycles. The van der Waals surface area contributed by atoms with Crippen molar-refractivity contribution in [3.05, 3.63) is 30.1 Å². The molecule has 3 rings (SSSR count). The molecule has 0 amide bonds. The summed E-state index contributed by atoms with van der Waals surface area (Å²) in [5.41, 5.74) is 0.394. The lowest BCUT2D eigenvalue weighted by atomic mass is 10.3. The van der Waals surface area contributed by atoms with Crippen LogP contribution < -0.4 is 10.1 Å². The molecule has 1 fully saturated rings. The number of benzene rings is 1. The number of halogens is 2. The molecular weight excluding hydrogens is 268 g/mol. The van der Waals surface area contributed by atoms with E-state index >= 15 is 0 Å². The first-order valence-corrected chi connectivity index (χ1v) is 6.29. The minimum Gasteiger partial charge on any atom is -0.433 e. The van der Waals surface area contributed by atoms with E-state index in [1.807, 2.05) is 0 Å². The van der Waals surface area contributed by atoms with Crippen molar-refractivity contribution >= 4 is 0 Å². The number of alkyl halides is 2. The summed E-state index contributed by atoms with van der Waals surface area (Å²) in [6.45, 7) is -2.40. The average Bonchev–Trinajstić information content (AvgIpc) is 3.14. The van der Waals surface area contributed by atoms with E-state index in [0.717, 1.165) is 12.8 Å². The molecular formula is C12H13F2N5O. The van der Waals surface area contributed by atoms with E-state index < -0.39 is 6.61 Å². The van der Waals surface area contributed by atoms with Crippen molar-refractivity contribution in [2.75, 3.05) is 0 Å². The Morgan fingerprint density at radius 1 is 1.35 bits per heavy atom. The molecule has 106 valence electrons. The minimum atomic E-state index is -2.89. The molecule has 0 atom stereocenters. The van der Waals surface area contributed by atoms with Gasteiger partial charge in [0, 0.05) is 6.04 Å². The highest BCUT2D eigenvalue weighted by molar-refractivity contribution is 5.46. The highest BCUT2D eigenvalue weighted by atomic mass is 19.3. The Balaban J connectivity index is 1.86. The number of ether oxygens (including phenoxy) is 1. The standard InChI is InChI=1S/C12H13F2N5O/c13-12(14)20-10-4-2-1-3-9(10)19-11(16-17-18-19)7-15-8-5-6-8/h1-4,8,12,15H,5-7H2. The molecule has 0 unspecified atom stereocenters. The van der Waals surface area contributed by atoms with Gasteiger partial charge in [0.05, 0.1) is 6.54 Å². The van der Waals surface area contributed by atoms with E-state index in [9.17, 15) is 8.78 Å². The molecule has 6 nitrogen and oxygen atoms in total. The summed E-state index contributed by atoms with van der Waals surface area (Å²) in [7, 11) is 0. The molecule has 1 aliphatic carbocycles. The van der Waals surface area contributed by atoms with Crippen LogP contribution in [0.3, 0.4) is 0 Å². The highest BCUT2D eigenvalue weighted by Crippen LogP contribution is 2.24. The van der Waals surface area contributed by atoms with E-state index in [4.69, 9.17) is 0 Å². The zero-order chi connectivity index (χ0) is 13.9. The van der Waals surface area contributed by atoms with Crippen LogP contribution in [0.2, 0.25) is 0 Å². The third-order valence-corrected chi connectivity index (χ3v) is 2.97. The lowest BCUT2D eigenvalue weighted by molar-refractivity contribution is -0.0499. The van der Waals surface area contributed by atoms with Gasteiger partial charge in [0.25, 0.3) is 0 Å². The quantitative estimate of drug-likeness (QED) is 0.869. The summed E-state index contributed by atoms with van der Waals surface area (Å²) in [6.07, 6.45) is 2.29. The van der Waals surface area contributed by atoms with Crippen LogP contribution in [-0.4, -0.2) is 32.9 Å². The van der Waals surface area contributed by atoms with Crippen molar-refractivity contribution in [1.82, 2.24) is 25.5 Å². The van der Waals surface area contributed by atoms with Crippen LogP contribution in [0.4, 0.5) is 8.78 Å².